The fourth-order valence-electron chi connectivity index (χ4n) is 7.48. The zero-order valence-electron chi connectivity index (χ0n) is 26.4. The number of fused-ring (bicyclic) bond motifs is 7. The normalized spacial score (nSPS) is 11.9. The number of benzene rings is 7. The van der Waals surface area contributed by atoms with Gasteiger partial charge in [-0.05, 0) is 102 Å². The average molecular weight is 631 g/mol. The lowest BCUT2D eigenvalue weighted by atomic mass is 10.0. The van der Waals surface area contributed by atoms with E-state index in [9.17, 15) is 0 Å². The Hall–Kier alpha value is -5.90. The van der Waals surface area contributed by atoms with Gasteiger partial charge < -0.3 is 9.13 Å². The zero-order chi connectivity index (χ0) is 31.8. The molecular formula is C45H30N2S. The summed E-state index contributed by atoms with van der Waals surface area (Å²) < 4.78 is 6.13. The second-order valence-corrected chi connectivity index (χ2v) is 13.8. The first-order chi connectivity index (χ1) is 23.7. The quantitative estimate of drug-likeness (QED) is 0.183. The molecule has 0 atom stereocenters. The van der Waals surface area contributed by atoms with Gasteiger partial charge in [-0.2, -0.15) is 0 Å². The number of nitrogens with zero attached hydrogens (tertiary/aromatic N) is 2. The minimum absolute atomic E-state index is 1.18. The molecule has 0 fully saturated rings. The van der Waals surface area contributed by atoms with Crippen LogP contribution in [-0.2, 0) is 0 Å². The van der Waals surface area contributed by atoms with Crippen LogP contribution < -0.4 is 0 Å². The van der Waals surface area contributed by atoms with Crippen LogP contribution in [0.1, 0.15) is 5.56 Å². The standard InChI is InChI=1S/C45H30N2S/c1-29-17-21-34(22-18-29)46-40-14-5-3-12-36(40)38-26-30(19-23-42(38)46)31-20-24-43-39(27-31)37-13-4-6-15-41(37)47(43)35-11-8-10-32(25-35)45-28-33-9-2-7-16-44(33)48-45/h2-28H,1H3. The smallest absolute Gasteiger partial charge is 0.0541 e. The molecule has 48 heavy (non-hydrogen) atoms. The number of para-hydroxylation sites is 2. The summed E-state index contributed by atoms with van der Waals surface area (Å²) in [5.74, 6) is 0. The van der Waals surface area contributed by atoms with Gasteiger partial charge in [0.25, 0.3) is 0 Å². The highest BCUT2D eigenvalue weighted by Crippen LogP contribution is 2.39. The molecule has 3 aromatic heterocycles. The van der Waals surface area contributed by atoms with E-state index in [2.05, 4.69) is 180 Å². The monoisotopic (exact) mass is 630 g/mol. The van der Waals surface area contributed by atoms with Gasteiger partial charge in [0.2, 0.25) is 0 Å². The number of hydrogen-bond donors (Lipinski definition) is 0. The number of thiophene rings is 1. The van der Waals surface area contributed by atoms with Crippen molar-refractivity contribution in [2.24, 2.45) is 0 Å². The van der Waals surface area contributed by atoms with E-state index in [1.165, 1.54) is 92.2 Å². The van der Waals surface area contributed by atoms with Crippen molar-refractivity contribution >= 4 is 65.0 Å². The molecule has 226 valence electrons. The van der Waals surface area contributed by atoms with Crippen LogP contribution in [0.2, 0.25) is 0 Å². The molecule has 10 rings (SSSR count). The minimum atomic E-state index is 1.18. The highest BCUT2D eigenvalue weighted by atomic mass is 32.1. The van der Waals surface area contributed by atoms with Gasteiger partial charge in [0, 0.05) is 42.5 Å². The summed E-state index contributed by atoms with van der Waals surface area (Å²) >= 11 is 1.85. The van der Waals surface area contributed by atoms with Crippen molar-refractivity contribution in [3.63, 3.8) is 0 Å². The van der Waals surface area contributed by atoms with Crippen molar-refractivity contribution in [1.29, 1.82) is 0 Å². The molecule has 0 bridgehead atoms. The van der Waals surface area contributed by atoms with E-state index in [0.29, 0.717) is 0 Å². The molecule has 0 radical (unpaired) electrons. The summed E-state index contributed by atoms with van der Waals surface area (Å²) in [6.07, 6.45) is 0. The third-order valence-electron chi connectivity index (χ3n) is 9.79. The van der Waals surface area contributed by atoms with Crippen LogP contribution >= 0.6 is 11.3 Å². The van der Waals surface area contributed by atoms with Crippen LogP contribution in [0.15, 0.2) is 164 Å². The van der Waals surface area contributed by atoms with Gasteiger partial charge in [-0.1, -0.05) is 96.6 Å². The Labute approximate surface area is 282 Å². The molecule has 0 spiro atoms. The topological polar surface area (TPSA) is 9.86 Å². The Balaban J connectivity index is 1.13. The molecule has 3 heterocycles. The molecule has 0 aliphatic rings. The summed E-state index contributed by atoms with van der Waals surface area (Å²) in [5.41, 5.74) is 12.2. The van der Waals surface area contributed by atoms with Gasteiger partial charge in [-0.15, -0.1) is 11.3 Å². The Morgan fingerprint density at radius 3 is 1.65 bits per heavy atom. The molecule has 0 saturated carbocycles. The first-order valence-corrected chi connectivity index (χ1v) is 17.2. The highest BCUT2D eigenvalue weighted by molar-refractivity contribution is 7.22. The third kappa shape index (κ3) is 4.18. The molecule has 2 nitrogen and oxygen atoms in total. The molecule has 0 saturated heterocycles. The molecule has 10 aromatic rings. The second-order valence-electron chi connectivity index (χ2n) is 12.7. The third-order valence-corrected chi connectivity index (χ3v) is 11.0. The Kier molecular flexibility index (Phi) is 5.99. The van der Waals surface area contributed by atoms with Gasteiger partial charge in [0.15, 0.2) is 0 Å². The molecule has 0 N–H and O–H groups in total. The maximum absolute atomic E-state index is 2.42. The van der Waals surface area contributed by atoms with Crippen molar-refractivity contribution in [3.05, 3.63) is 169 Å². The van der Waals surface area contributed by atoms with E-state index in [1.54, 1.807) is 0 Å². The molecular weight excluding hydrogens is 601 g/mol. The largest absolute Gasteiger partial charge is 0.309 e. The highest BCUT2D eigenvalue weighted by Gasteiger charge is 2.16. The van der Waals surface area contributed by atoms with Crippen LogP contribution in [-0.4, -0.2) is 9.13 Å². The van der Waals surface area contributed by atoms with E-state index in [0.717, 1.165) is 0 Å². The SMILES string of the molecule is Cc1ccc(-n2c3ccccc3c3cc(-c4ccc5c(c4)c4ccccc4n5-c4cccc(-c5cc6ccccc6s5)c4)ccc32)cc1. The lowest BCUT2D eigenvalue weighted by Gasteiger charge is -2.10. The Morgan fingerprint density at radius 1 is 0.396 bits per heavy atom. The van der Waals surface area contributed by atoms with Crippen LogP contribution in [0.5, 0.6) is 0 Å². The molecule has 0 aliphatic heterocycles. The summed E-state index contributed by atoms with van der Waals surface area (Å²) in [5, 5.41) is 6.36. The van der Waals surface area contributed by atoms with E-state index in [-0.39, 0.29) is 0 Å². The maximum Gasteiger partial charge on any atom is 0.0541 e. The number of rotatable bonds is 4. The van der Waals surface area contributed by atoms with Crippen LogP contribution in [0.3, 0.4) is 0 Å². The predicted octanol–water partition coefficient (Wildman–Crippen LogP) is 12.7. The molecule has 7 aromatic carbocycles. The summed E-state index contributed by atoms with van der Waals surface area (Å²) in [6, 6.07) is 60.2. The molecule has 0 unspecified atom stereocenters. The van der Waals surface area contributed by atoms with Gasteiger partial charge in [0.05, 0.1) is 22.1 Å². The van der Waals surface area contributed by atoms with Crippen molar-refractivity contribution in [1.82, 2.24) is 9.13 Å². The summed E-state index contributed by atoms with van der Waals surface area (Å²) in [4.78, 5) is 1.29. The van der Waals surface area contributed by atoms with E-state index in [4.69, 9.17) is 0 Å². The van der Waals surface area contributed by atoms with Crippen LogP contribution in [0.25, 0.3) is 86.6 Å². The van der Waals surface area contributed by atoms with Crippen LogP contribution in [0, 0.1) is 6.92 Å². The van der Waals surface area contributed by atoms with E-state index in [1.807, 2.05) is 11.3 Å². The first-order valence-electron chi connectivity index (χ1n) is 16.4. The predicted molar refractivity (Wildman–Crippen MR) is 206 cm³/mol. The fourth-order valence-corrected chi connectivity index (χ4v) is 8.54. The minimum Gasteiger partial charge on any atom is -0.309 e. The summed E-state index contributed by atoms with van der Waals surface area (Å²) in [7, 11) is 0. The summed E-state index contributed by atoms with van der Waals surface area (Å²) in [6.45, 7) is 2.14. The van der Waals surface area contributed by atoms with Crippen molar-refractivity contribution in [2.75, 3.05) is 0 Å². The van der Waals surface area contributed by atoms with Crippen LogP contribution in [0.4, 0.5) is 0 Å². The van der Waals surface area contributed by atoms with Crippen molar-refractivity contribution < 1.29 is 0 Å². The second kappa shape index (κ2) is 10.6. The number of hydrogen-bond acceptors (Lipinski definition) is 1. The molecule has 0 amide bonds. The lowest BCUT2D eigenvalue weighted by Crippen LogP contribution is -1.94. The van der Waals surface area contributed by atoms with Gasteiger partial charge >= 0.3 is 0 Å². The Bertz CT molecular complexity index is 2810. The van der Waals surface area contributed by atoms with E-state index < -0.39 is 0 Å². The van der Waals surface area contributed by atoms with E-state index >= 15 is 0 Å². The zero-order valence-corrected chi connectivity index (χ0v) is 27.2. The van der Waals surface area contributed by atoms with Crippen molar-refractivity contribution in [2.45, 2.75) is 6.92 Å². The van der Waals surface area contributed by atoms with Gasteiger partial charge in [-0.3, -0.25) is 0 Å². The van der Waals surface area contributed by atoms with Gasteiger partial charge in [0.1, 0.15) is 0 Å². The van der Waals surface area contributed by atoms with Crippen molar-refractivity contribution in [3.8, 4) is 32.9 Å². The van der Waals surface area contributed by atoms with Gasteiger partial charge in [-0.25, -0.2) is 0 Å². The fraction of sp³-hybridized carbons (Fsp3) is 0.0222. The number of aromatic nitrogens is 2. The maximum atomic E-state index is 2.42. The Morgan fingerprint density at radius 2 is 0.979 bits per heavy atom. The first kappa shape index (κ1) is 27.2. The lowest BCUT2D eigenvalue weighted by molar-refractivity contribution is 1.17. The average Bonchev–Trinajstić information content (AvgIpc) is 3.82. The number of aryl methyl sites for hydroxylation is 1. The molecule has 0 aliphatic carbocycles. The molecule has 3 heteroatoms.